The van der Waals surface area contributed by atoms with Crippen molar-refractivity contribution in [2.45, 2.75) is 69.9 Å². The van der Waals surface area contributed by atoms with E-state index in [4.69, 9.17) is 16.8 Å². The number of carbonyl (C=O) groups is 3. The van der Waals surface area contributed by atoms with Gasteiger partial charge in [-0.15, -0.1) is 0 Å². The number of imidazole rings is 1. The fourth-order valence-electron chi connectivity index (χ4n) is 4.33. The molecule has 2 aromatic carbocycles. The number of carbonyl (C=O) groups excluding carboxylic acids is 3. The van der Waals surface area contributed by atoms with Crippen LogP contribution in [0.15, 0.2) is 59.6 Å². The number of nitrogens with zero attached hydrogens (tertiary/aromatic N) is 2. The average molecular weight is 633 g/mol. The minimum absolute atomic E-state index is 0.0788. The minimum atomic E-state index is -4.07. The van der Waals surface area contributed by atoms with E-state index < -0.39 is 33.9 Å². The molecule has 232 valence electrons. The highest BCUT2D eigenvalue weighted by molar-refractivity contribution is 7.90. The number of amides is 4. The Hall–Kier alpha value is -3.94. The van der Waals surface area contributed by atoms with Crippen LogP contribution in [0.3, 0.4) is 0 Å². The molecular formula is C29H37ClN6O6S. The van der Waals surface area contributed by atoms with Crippen molar-refractivity contribution in [1.29, 1.82) is 0 Å². The normalized spacial score (nSPS) is 11.9. The van der Waals surface area contributed by atoms with Gasteiger partial charge in [-0.1, -0.05) is 56.1 Å². The van der Waals surface area contributed by atoms with Crippen molar-refractivity contribution < 1.29 is 28.0 Å². The number of benzene rings is 2. The second-order valence-corrected chi connectivity index (χ2v) is 12.1. The van der Waals surface area contributed by atoms with Gasteiger partial charge in [0, 0.05) is 37.0 Å². The van der Waals surface area contributed by atoms with Crippen LogP contribution in [0.2, 0.25) is 5.02 Å². The first-order chi connectivity index (χ1) is 20.6. The number of nitrogens with one attached hydrogen (secondary N) is 4. The molecule has 0 bridgehead atoms. The highest BCUT2D eigenvalue weighted by atomic mass is 35.5. The van der Waals surface area contributed by atoms with Crippen molar-refractivity contribution in [3.63, 3.8) is 0 Å². The topological polar surface area (TPSA) is 172 Å². The molecule has 1 atom stereocenters. The van der Waals surface area contributed by atoms with Gasteiger partial charge in [-0.2, -0.15) is 0 Å². The summed E-state index contributed by atoms with van der Waals surface area (Å²) in [4.78, 5) is 41.8. The molecule has 5 N–H and O–H groups in total. The molecule has 12 nitrogen and oxygen atoms in total. The van der Waals surface area contributed by atoms with Crippen molar-refractivity contribution in [3.8, 4) is 0 Å². The molecule has 0 radical (unpaired) electrons. The Morgan fingerprint density at radius 1 is 1.00 bits per heavy atom. The molecule has 43 heavy (non-hydrogen) atoms. The number of hydrogen-bond acceptors (Lipinski definition) is 7. The molecule has 3 rings (SSSR count). The molecule has 0 aliphatic rings. The second-order valence-electron chi connectivity index (χ2n) is 9.99. The molecule has 0 saturated heterocycles. The molecule has 0 spiro atoms. The molecular weight excluding hydrogens is 596 g/mol. The van der Waals surface area contributed by atoms with Crippen LogP contribution in [-0.2, 0) is 34.2 Å². The molecule has 3 aromatic rings. The van der Waals surface area contributed by atoms with Crippen LogP contribution in [0.25, 0.3) is 0 Å². The summed E-state index contributed by atoms with van der Waals surface area (Å²) in [5.41, 5.74) is 3.42. The quantitative estimate of drug-likeness (QED) is 0.126. The van der Waals surface area contributed by atoms with Crippen LogP contribution < -0.4 is 20.8 Å². The summed E-state index contributed by atoms with van der Waals surface area (Å²) < 4.78 is 29.0. The number of rotatable bonds is 15. The zero-order valence-electron chi connectivity index (χ0n) is 24.1. The predicted octanol–water partition coefficient (Wildman–Crippen LogP) is 3.56. The van der Waals surface area contributed by atoms with Gasteiger partial charge in [-0.25, -0.2) is 28.4 Å². The van der Waals surface area contributed by atoms with Crippen molar-refractivity contribution in [1.82, 2.24) is 30.4 Å². The lowest BCUT2D eigenvalue weighted by Gasteiger charge is -2.19. The first kappa shape index (κ1) is 33.6. The predicted molar refractivity (Wildman–Crippen MR) is 161 cm³/mol. The van der Waals surface area contributed by atoms with Gasteiger partial charge in [0.2, 0.25) is 5.91 Å². The van der Waals surface area contributed by atoms with Crippen LogP contribution in [-0.4, -0.2) is 53.6 Å². The number of halogens is 1. The Balaban J connectivity index is 1.82. The lowest BCUT2D eigenvalue weighted by Crippen LogP contribution is -2.41. The molecule has 0 saturated carbocycles. The van der Waals surface area contributed by atoms with E-state index in [-0.39, 0.29) is 23.6 Å². The number of urea groups is 1. The van der Waals surface area contributed by atoms with Gasteiger partial charge in [0.05, 0.1) is 11.1 Å². The Morgan fingerprint density at radius 3 is 2.30 bits per heavy atom. The molecule has 0 fully saturated rings. The third kappa shape index (κ3) is 10.1. The first-order valence-electron chi connectivity index (χ1n) is 14.0. The third-order valence-electron chi connectivity index (χ3n) is 6.55. The minimum Gasteiger partial charge on any atom is -0.347 e. The zero-order valence-corrected chi connectivity index (χ0v) is 25.7. The first-order valence-corrected chi connectivity index (χ1v) is 15.8. The standard InChI is InChI=1S/C29H37ClN6O6S/c1-3-5-6-26-32-18-25(28(38)33-23(17-27(37)34-40)16-20-7-11-22(30)12-8-20)36(26)19-21-9-13-24(14-10-21)43(41,42)35-29(39)31-15-4-2/h7-14,18,23,40H,3-6,15-17,19H2,1-2H3,(H,33,38)(H,34,37)(H2,31,35,39)/t23-/m0/s1. The number of aromatic nitrogens is 2. The van der Waals surface area contributed by atoms with E-state index in [1.54, 1.807) is 46.4 Å². The molecule has 1 aromatic heterocycles. The maximum Gasteiger partial charge on any atom is 0.328 e. The van der Waals surface area contributed by atoms with Crippen molar-refractivity contribution in [2.75, 3.05) is 6.54 Å². The van der Waals surface area contributed by atoms with E-state index in [0.717, 1.165) is 18.4 Å². The highest BCUT2D eigenvalue weighted by Crippen LogP contribution is 2.17. The Labute approximate surface area is 256 Å². The monoisotopic (exact) mass is 632 g/mol. The average Bonchev–Trinajstić information content (AvgIpc) is 3.38. The number of sulfonamides is 1. The largest absolute Gasteiger partial charge is 0.347 e. The summed E-state index contributed by atoms with van der Waals surface area (Å²) in [7, 11) is -4.07. The summed E-state index contributed by atoms with van der Waals surface area (Å²) in [6.07, 6.45) is 4.67. The third-order valence-corrected chi connectivity index (χ3v) is 8.15. The van der Waals surface area contributed by atoms with Gasteiger partial charge in [-0.05, 0) is 54.7 Å². The smallest absolute Gasteiger partial charge is 0.328 e. The lowest BCUT2D eigenvalue weighted by molar-refractivity contribution is -0.129. The van der Waals surface area contributed by atoms with Gasteiger partial charge in [0.25, 0.3) is 15.9 Å². The fourth-order valence-corrected chi connectivity index (χ4v) is 5.38. The summed E-state index contributed by atoms with van der Waals surface area (Å²) >= 11 is 5.98. The van der Waals surface area contributed by atoms with Crippen LogP contribution in [0.5, 0.6) is 0 Å². The fraction of sp³-hybridized carbons (Fsp3) is 0.379. The number of hydrogen-bond donors (Lipinski definition) is 5. The molecule has 0 aliphatic heterocycles. The van der Waals surface area contributed by atoms with Crippen molar-refractivity contribution in [3.05, 3.63) is 82.4 Å². The van der Waals surface area contributed by atoms with Crippen molar-refractivity contribution in [2.24, 2.45) is 0 Å². The van der Waals surface area contributed by atoms with Crippen LogP contribution in [0.4, 0.5) is 4.79 Å². The Bertz CT molecular complexity index is 1490. The van der Waals surface area contributed by atoms with E-state index in [2.05, 4.69) is 15.6 Å². The maximum atomic E-state index is 13.5. The lowest BCUT2D eigenvalue weighted by atomic mass is 10.0. The molecule has 0 aliphatic carbocycles. The van der Waals surface area contributed by atoms with Gasteiger partial charge >= 0.3 is 6.03 Å². The number of aryl methyl sites for hydroxylation is 1. The van der Waals surface area contributed by atoms with E-state index in [1.807, 2.05) is 18.6 Å². The van der Waals surface area contributed by atoms with Crippen LogP contribution in [0, 0.1) is 0 Å². The maximum absolute atomic E-state index is 13.5. The number of hydroxylamine groups is 1. The van der Waals surface area contributed by atoms with Crippen LogP contribution >= 0.6 is 11.6 Å². The summed E-state index contributed by atoms with van der Waals surface area (Å²) in [5, 5.41) is 15.0. The van der Waals surface area contributed by atoms with E-state index in [0.29, 0.717) is 42.2 Å². The van der Waals surface area contributed by atoms with Gasteiger partial charge in [-0.3, -0.25) is 14.8 Å². The second kappa shape index (κ2) is 16.1. The van der Waals surface area contributed by atoms with E-state index >= 15 is 0 Å². The molecule has 1 heterocycles. The van der Waals surface area contributed by atoms with Gasteiger partial charge < -0.3 is 15.2 Å². The Kier molecular flexibility index (Phi) is 12.5. The summed E-state index contributed by atoms with van der Waals surface area (Å²) in [6, 6.07) is 11.6. The summed E-state index contributed by atoms with van der Waals surface area (Å²) in [6.45, 7) is 4.47. The molecule has 0 unspecified atom stereocenters. The van der Waals surface area contributed by atoms with Crippen LogP contribution in [0.1, 0.15) is 67.0 Å². The highest BCUT2D eigenvalue weighted by Gasteiger charge is 2.23. The van der Waals surface area contributed by atoms with E-state index in [9.17, 15) is 22.8 Å². The van der Waals surface area contributed by atoms with Gasteiger partial charge in [0.15, 0.2) is 0 Å². The van der Waals surface area contributed by atoms with E-state index in [1.165, 1.54) is 18.3 Å². The van der Waals surface area contributed by atoms with Gasteiger partial charge in [0.1, 0.15) is 11.5 Å². The molecule has 14 heteroatoms. The number of unbranched alkanes of at least 4 members (excludes halogenated alkanes) is 1. The SMILES string of the molecule is CCCCc1ncc(C(=O)N[C@H](CC(=O)NO)Cc2ccc(Cl)cc2)n1Cc1ccc(S(=O)(=O)NC(=O)NCCC)cc1. The molecule has 4 amide bonds. The Morgan fingerprint density at radius 2 is 1.67 bits per heavy atom. The van der Waals surface area contributed by atoms with Crippen molar-refractivity contribution >= 4 is 39.5 Å². The summed E-state index contributed by atoms with van der Waals surface area (Å²) in [5.74, 6) is -0.425. The zero-order chi connectivity index (χ0) is 31.4.